The summed E-state index contributed by atoms with van der Waals surface area (Å²) in [7, 11) is 0. The van der Waals surface area contributed by atoms with Crippen LogP contribution >= 0.6 is 11.8 Å². The summed E-state index contributed by atoms with van der Waals surface area (Å²) in [6, 6.07) is 4.29. The van der Waals surface area contributed by atoms with Crippen molar-refractivity contribution in [3.8, 4) is 0 Å². The van der Waals surface area contributed by atoms with Crippen LogP contribution in [0.4, 0.5) is 11.4 Å². The Kier molecular flexibility index (Phi) is 5.06. The van der Waals surface area contributed by atoms with Gasteiger partial charge in [-0.05, 0) is 31.2 Å². The first kappa shape index (κ1) is 15.6. The molecule has 6 nitrogen and oxygen atoms in total. The van der Waals surface area contributed by atoms with Crippen molar-refractivity contribution in [3.63, 3.8) is 0 Å². The number of hydrogen-bond donors (Lipinski definition) is 2. The van der Waals surface area contributed by atoms with Crippen LogP contribution in [-0.4, -0.2) is 28.4 Å². The average molecular weight is 309 g/mol. The highest BCUT2D eigenvalue weighted by atomic mass is 32.2. The third-order valence-electron chi connectivity index (χ3n) is 3.81. The number of rotatable bonds is 4. The van der Waals surface area contributed by atoms with E-state index < -0.39 is 4.92 Å². The Balaban J connectivity index is 2.13. The lowest BCUT2D eigenvalue weighted by molar-refractivity contribution is -0.383. The quantitative estimate of drug-likeness (QED) is 0.506. The average Bonchev–Trinajstić information content (AvgIpc) is 2.47. The summed E-state index contributed by atoms with van der Waals surface area (Å²) in [6.45, 7) is 0. The third-order valence-corrected chi connectivity index (χ3v) is 4.98. The number of nitrogens with zero attached hydrogens (tertiary/aromatic N) is 1. The fraction of sp³-hybridized carbons (Fsp3) is 0.500. The predicted molar refractivity (Wildman–Crippen MR) is 84.5 cm³/mol. The topological polar surface area (TPSA) is 98.3 Å². The van der Waals surface area contributed by atoms with E-state index in [1.165, 1.54) is 24.6 Å². The lowest BCUT2D eigenvalue weighted by Gasteiger charge is -2.30. The highest BCUT2D eigenvalue weighted by molar-refractivity contribution is 7.99. The Morgan fingerprint density at radius 3 is 2.81 bits per heavy atom. The van der Waals surface area contributed by atoms with Crippen LogP contribution in [0.3, 0.4) is 0 Å². The van der Waals surface area contributed by atoms with Gasteiger partial charge in [0, 0.05) is 22.9 Å². The summed E-state index contributed by atoms with van der Waals surface area (Å²) < 4.78 is 0. The fourth-order valence-electron chi connectivity index (χ4n) is 2.64. The molecule has 0 spiro atoms. The van der Waals surface area contributed by atoms with Crippen molar-refractivity contribution in [2.24, 2.45) is 0 Å². The Bertz CT molecular complexity index is 550. The van der Waals surface area contributed by atoms with E-state index in [1.807, 2.05) is 6.26 Å². The van der Waals surface area contributed by atoms with Crippen LogP contribution in [0.1, 0.15) is 36.0 Å². The molecule has 0 aromatic heterocycles. The summed E-state index contributed by atoms with van der Waals surface area (Å²) in [5.74, 6) is -0.274. The van der Waals surface area contributed by atoms with Gasteiger partial charge in [0.15, 0.2) is 0 Å². The van der Waals surface area contributed by atoms with Crippen LogP contribution in [0.15, 0.2) is 18.2 Å². The molecule has 0 unspecified atom stereocenters. The molecule has 2 atom stereocenters. The van der Waals surface area contributed by atoms with Crippen molar-refractivity contribution < 1.29 is 9.72 Å². The highest BCUT2D eigenvalue weighted by Crippen LogP contribution is 2.28. The molecule has 0 saturated heterocycles. The number of anilines is 1. The van der Waals surface area contributed by atoms with Crippen LogP contribution in [0.2, 0.25) is 0 Å². The number of benzene rings is 1. The molecule has 2 rings (SSSR count). The summed E-state index contributed by atoms with van der Waals surface area (Å²) in [5.41, 5.74) is 5.66. The van der Waals surface area contributed by atoms with Gasteiger partial charge in [-0.3, -0.25) is 14.9 Å². The molecular formula is C14H19N3O3S. The monoisotopic (exact) mass is 309 g/mol. The SMILES string of the molecule is CS[C@H]1CCCC[C@@H]1NC(=O)c1ccc(N)c([N+](=O)[O-])c1. The number of nitro groups is 1. The maximum absolute atomic E-state index is 12.3. The number of nitrogens with one attached hydrogen (secondary N) is 1. The van der Waals surface area contributed by atoms with Gasteiger partial charge in [-0.15, -0.1) is 0 Å². The van der Waals surface area contributed by atoms with Gasteiger partial charge in [-0.1, -0.05) is 12.8 Å². The van der Waals surface area contributed by atoms with Crippen molar-refractivity contribution in [2.45, 2.75) is 37.0 Å². The van der Waals surface area contributed by atoms with Gasteiger partial charge < -0.3 is 11.1 Å². The number of carbonyl (C=O) groups is 1. The molecule has 3 N–H and O–H groups in total. The lowest BCUT2D eigenvalue weighted by Crippen LogP contribution is -2.43. The Hall–Kier alpha value is -1.76. The molecule has 1 saturated carbocycles. The number of carbonyl (C=O) groups excluding carboxylic acids is 1. The lowest BCUT2D eigenvalue weighted by atomic mass is 9.94. The summed E-state index contributed by atoms with van der Waals surface area (Å²) in [4.78, 5) is 22.6. The second-order valence-electron chi connectivity index (χ2n) is 5.17. The molecule has 1 amide bonds. The number of hydrogen-bond acceptors (Lipinski definition) is 5. The maximum Gasteiger partial charge on any atom is 0.292 e. The first-order valence-corrected chi connectivity index (χ1v) is 8.19. The van der Waals surface area contributed by atoms with Crippen molar-refractivity contribution in [1.29, 1.82) is 0 Å². The number of thioether (sulfide) groups is 1. The van der Waals surface area contributed by atoms with Crippen LogP contribution in [-0.2, 0) is 0 Å². The molecule has 1 aromatic rings. The van der Waals surface area contributed by atoms with Gasteiger partial charge in [0.25, 0.3) is 11.6 Å². The van der Waals surface area contributed by atoms with E-state index in [1.54, 1.807) is 11.8 Å². The minimum absolute atomic E-state index is 0.0659. The second-order valence-corrected chi connectivity index (χ2v) is 6.25. The summed E-state index contributed by atoms with van der Waals surface area (Å²) in [5, 5.41) is 14.3. The van der Waals surface area contributed by atoms with Crippen molar-refractivity contribution in [2.75, 3.05) is 12.0 Å². The van der Waals surface area contributed by atoms with Crippen LogP contribution in [0.25, 0.3) is 0 Å². The van der Waals surface area contributed by atoms with E-state index in [9.17, 15) is 14.9 Å². The molecule has 0 aliphatic heterocycles. The smallest absolute Gasteiger partial charge is 0.292 e. The standard InChI is InChI=1S/C14H19N3O3S/c1-21-13-5-3-2-4-11(13)16-14(18)9-6-7-10(15)12(8-9)17(19)20/h6-8,11,13H,2-5,15H2,1H3,(H,16,18)/t11-,13-/m0/s1. The molecular weight excluding hydrogens is 290 g/mol. The van der Waals surface area contributed by atoms with Gasteiger partial charge in [0.05, 0.1) is 4.92 Å². The Labute approximate surface area is 127 Å². The fourth-order valence-corrected chi connectivity index (χ4v) is 3.57. The van der Waals surface area contributed by atoms with E-state index in [0.717, 1.165) is 19.3 Å². The molecule has 0 heterocycles. The molecule has 0 radical (unpaired) electrons. The zero-order chi connectivity index (χ0) is 15.4. The number of nitro benzene ring substituents is 1. The minimum Gasteiger partial charge on any atom is -0.393 e. The van der Waals surface area contributed by atoms with Gasteiger partial charge in [-0.25, -0.2) is 0 Å². The van der Waals surface area contributed by atoms with Crippen molar-refractivity contribution in [1.82, 2.24) is 5.32 Å². The second kappa shape index (κ2) is 6.80. The number of nitrogens with two attached hydrogens (primary N) is 1. The van der Waals surface area contributed by atoms with Crippen LogP contribution in [0, 0.1) is 10.1 Å². The van der Waals surface area contributed by atoms with Gasteiger partial charge >= 0.3 is 0 Å². The molecule has 0 bridgehead atoms. The third kappa shape index (κ3) is 3.66. The highest BCUT2D eigenvalue weighted by Gasteiger charge is 2.26. The van der Waals surface area contributed by atoms with Gasteiger partial charge in [0.1, 0.15) is 5.69 Å². The van der Waals surface area contributed by atoms with Gasteiger partial charge in [-0.2, -0.15) is 11.8 Å². The molecule has 21 heavy (non-hydrogen) atoms. The largest absolute Gasteiger partial charge is 0.393 e. The maximum atomic E-state index is 12.3. The molecule has 7 heteroatoms. The first-order chi connectivity index (χ1) is 10.0. The molecule has 1 aromatic carbocycles. The van der Waals surface area contributed by atoms with E-state index in [0.29, 0.717) is 5.25 Å². The van der Waals surface area contributed by atoms with Crippen LogP contribution in [0.5, 0.6) is 0 Å². The predicted octanol–water partition coefficient (Wildman–Crippen LogP) is 2.58. The molecule has 1 fully saturated rings. The van der Waals surface area contributed by atoms with Gasteiger partial charge in [0.2, 0.25) is 0 Å². The molecule has 114 valence electrons. The Morgan fingerprint density at radius 1 is 1.43 bits per heavy atom. The van der Waals surface area contributed by atoms with E-state index in [2.05, 4.69) is 5.32 Å². The molecule has 1 aliphatic carbocycles. The van der Waals surface area contributed by atoms with E-state index in [-0.39, 0.29) is 28.9 Å². The summed E-state index contributed by atoms with van der Waals surface area (Å²) >= 11 is 1.76. The molecule has 1 aliphatic rings. The Morgan fingerprint density at radius 2 is 2.14 bits per heavy atom. The summed E-state index contributed by atoms with van der Waals surface area (Å²) in [6.07, 6.45) is 6.38. The van der Waals surface area contributed by atoms with E-state index >= 15 is 0 Å². The van der Waals surface area contributed by atoms with E-state index in [4.69, 9.17) is 5.73 Å². The normalized spacial score (nSPS) is 21.8. The minimum atomic E-state index is -0.572. The first-order valence-electron chi connectivity index (χ1n) is 6.90. The number of amides is 1. The zero-order valence-electron chi connectivity index (χ0n) is 11.9. The van der Waals surface area contributed by atoms with Crippen molar-refractivity contribution in [3.05, 3.63) is 33.9 Å². The zero-order valence-corrected chi connectivity index (χ0v) is 12.7. The van der Waals surface area contributed by atoms with Crippen molar-refractivity contribution >= 4 is 29.0 Å². The van der Waals surface area contributed by atoms with Crippen LogP contribution < -0.4 is 11.1 Å². The number of nitrogen functional groups attached to an aromatic ring is 1.